The van der Waals surface area contributed by atoms with Gasteiger partial charge in [-0.15, -0.1) is 11.3 Å². The van der Waals surface area contributed by atoms with E-state index in [2.05, 4.69) is 29.4 Å². The zero-order valence-electron chi connectivity index (χ0n) is 17.3. The van der Waals surface area contributed by atoms with Gasteiger partial charge in [-0.2, -0.15) is 0 Å². The molecule has 0 bridgehead atoms. The quantitative estimate of drug-likeness (QED) is 0.534. The number of thiophene rings is 1. The lowest BCUT2D eigenvalue weighted by molar-refractivity contribution is -0.128. The highest BCUT2D eigenvalue weighted by molar-refractivity contribution is 7.10. The van der Waals surface area contributed by atoms with Crippen LogP contribution in [-0.4, -0.2) is 43.2 Å². The molecule has 1 aromatic heterocycles. The molecule has 0 aromatic carbocycles. The molecule has 0 saturated heterocycles. The van der Waals surface area contributed by atoms with Crippen molar-refractivity contribution in [3.05, 3.63) is 45.7 Å². The molecule has 4 nitrogen and oxygen atoms in total. The van der Waals surface area contributed by atoms with E-state index in [1.807, 2.05) is 19.1 Å². The van der Waals surface area contributed by atoms with Crippen LogP contribution in [0, 0.1) is 6.92 Å². The standard InChI is InChI=1S/C14H16F2S.C7H15N3O/c1-10-6-7-17-13(10)12-5-3-4-11(8-12)9-14(2,15)16;1-6(9-5-8)4-7(11)10(2)3/h3-7,12H,8-9H2,1-2H3;5-6H,4H2,1-3H3,(H2,8,9). The summed E-state index contributed by atoms with van der Waals surface area (Å²) in [5.41, 5.74) is 7.17. The molecule has 1 heterocycles. The topological polar surface area (TPSA) is 58.7 Å². The monoisotopic (exact) mass is 411 g/mol. The Morgan fingerprint density at radius 1 is 1.50 bits per heavy atom. The molecule has 0 aliphatic heterocycles. The second-order valence-electron chi connectivity index (χ2n) is 7.37. The van der Waals surface area contributed by atoms with Gasteiger partial charge in [-0.3, -0.25) is 9.79 Å². The van der Waals surface area contributed by atoms with Gasteiger partial charge in [0.05, 0.1) is 12.4 Å². The molecule has 0 spiro atoms. The number of carbonyl (C=O) groups is 1. The number of aliphatic imine (C=N–C) groups is 1. The number of aryl methyl sites for hydroxylation is 1. The molecular formula is C21H31F2N3OS. The molecule has 0 fully saturated rings. The first-order valence-electron chi connectivity index (χ1n) is 9.25. The molecule has 2 unspecified atom stereocenters. The highest BCUT2D eigenvalue weighted by Gasteiger charge is 2.25. The summed E-state index contributed by atoms with van der Waals surface area (Å²) < 4.78 is 26.0. The lowest BCUT2D eigenvalue weighted by Crippen LogP contribution is -2.24. The minimum atomic E-state index is -2.61. The third-order valence-corrected chi connectivity index (χ3v) is 5.39. The summed E-state index contributed by atoms with van der Waals surface area (Å²) in [5.74, 6) is -2.26. The summed E-state index contributed by atoms with van der Waals surface area (Å²) in [6, 6.07) is 2.06. The van der Waals surface area contributed by atoms with Gasteiger partial charge >= 0.3 is 0 Å². The molecule has 7 heteroatoms. The first kappa shape index (κ1) is 24.0. The maximum absolute atomic E-state index is 13.0. The number of allylic oxidation sites excluding steroid dienone is 4. The van der Waals surface area contributed by atoms with E-state index in [1.54, 1.807) is 30.3 Å². The number of carbonyl (C=O) groups excluding carboxylic acids is 1. The summed E-state index contributed by atoms with van der Waals surface area (Å²) in [7, 11) is 3.45. The van der Waals surface area contributed by atoms with E-state index >= 15 is 0 Å². The van der Waals surface area contributed by atoms with Crippen LogP contribution in [0.2, 0.25) is 0 Å². The van der Waals surface area contributed by atoms with Gasteiger partial charge in [0, 0.05) is 37.7 Å². The lowest BCUT2D eigenvalue weighted by Gasteiger charge is -2.20. The van der Waals surface area contributed by atoms with E-state index in [1.165, 1.54) is 16.8 Å². The van der Waals surface area contributed by atoms with E-state index in [0.717, 1.165) is 18.9 Å². The van der Waals surface area contributed by atoms with Gasteiger partial charge in [0.2, 0.25) is 11.8 Å². The summed E-state index contributed by atoms with van der Waals surface area (Å²) in [6.45, 7) is 4.91. The van der Waals surface area contributed by atoms with E-state index in [4.69, 9.17) is 5.73 Å². The van der Waals surface area contributed by atoms with E-state index in [9.17, 15) is 13.6 Å². The number of hydrogen-bond acceptors (Lipinski definition) is 3. The summed E-state index contributed by atoms with van der Waals surface area (Å²) in [6.07, 6.45) is 8.09. The highest BCUT2D eigenvalue weighted by Crippen LogP contribution is 2.37. The third-order valence-electron chi connectivity index (χ3n) is 4.24. The number of nitrogens with two attached hydrogens (primary N) is 1. The molecule has 2 N–H and O–H groups in total. The lowest BCUT2D eigenvalue weighted by atomic mass is 9.89. The van der Waals surface area contributed by atoms with Gasteiger partial charge < -0.3 is 10.6 Å². The Morgan fingerprint density at radius 3 is 2.68 bits per heavy atom. The Labute approximate surface area is 170 Å². The molecule has 2 atom stereocenters. The van der Waals surface area contributed by atoms with E-state index in [-0.39, 0.29) is 24.3 Å². The van der Waals surface area contributed by atoms with Gasteiger partial charge in [0.15, 0.2) is 0 Å². The minimum Gasteiger partial charge on any atom is -0.390 e. The Bertz CT molecular complexity index is 717. The van der Waals surface area contributed by atoms with Crippen molar-refractivity contribution in [2.75, 3.05) is 14.1 Å². The number of rotatable bonds is 6. The SMILES string of the molecule is CC(CC(=O)N(C)C)N=CN.Cc1ccsc1C1C=CC=C(CC(C)(F)F)C1. The van der Waals surface area contributed by atoms with Crippen molar-refractivity contribution in [3.8, 4) is 0 Å². The largest absolute Gasteiger partial charge is 0.390 e. The zero-order chi connectivity index (χ0) is 21.3. The predicted molar refractivity (Wildman–Crippen MR) is 114 cm³/mol. The molecule has 1 amide bonds. The van der Waals surface area contributed by atoms with Crippen LogP contribution in [0.1, 0.15) is 49.5 Å². The van der Waals surface area contributed by atoms with Gasteiger partial charge in [-0.05, 0) is 44.2 Å². The summed E-state index contributed by atoms with van der Waals surface area (Å²) in [4.78, 5) is 17.7. The number of amides is 1. The summed E-state index contributed by atoms with van der Waals surface area (Å²) in [5, 5.41) is 2.06. The molecule has 0 saturated carbocycles. The Morgan fingerprint density at radius 2 is 2.18 bits per heavy atom. The molecule has 156 valence electrons. The normalized spacial score (nSPS) is 17.7. The van der Waals surface area contributed by atoms with Crippen molar-refractivity contribution in [3.63, 3.8) is 0 Å². The maximum Gasteiger partial charge on any atom is 0.249 e. The predicted octanol–water partition coefficient (Wildman–Crippen LogP) is 4.91. The van der Waals surface area contributed by atoms with Crippen LogP contribution in [0.4, 0.5) is 8.78 Å². The Balaban J connectivity index is 0.000000311. The fourth-order valence-electron chi connectivity index (χ4n) is 2.85. The molecule has 1 aliphatic carbocycles. The fourth-order valence-corrected chi connectivity index (χ4v) is 3.86. The maximum atomic E-state index is 13.0. The van der Waals surface area contributed by atoms with E-state index < -0.39 is 5.92 Å². The van der Waals surface area contributed by atoms with Gasteiger partial charge in [0.25, 0.3) is 0 Å². The van der Waals surface area contributed by atoms with Crippen LogP contribution in [-0.2, 0) is 4.79 Å². The first-order valence-corrected chi connectivity index (χ1v) is 10.1. The number of alkyl halides is 2. The van der Waals surface area contributed by atoms with Crippen molar-refractivity contribution in [1.29, 1.82) is 0 Å². The van der Waals surface area contributed by atoms with Crippen LogP contribution in [0.5, 0.6) is 0 Å². The minimum absolute atomic E-state index is 0.0186. The van der Waals surface area contributed by atoms with E-state index in [0.29, 0.717) is 6.42 Å². The molecular weight excluding hydrogens is 380 g/mol. The second kappa shape index (κ2) is 11.1. The zero-order valence-corrected chi connectivity index (χ0v) is 18.1. The Hall–Kier alpha value is -2.02. The van der Waals surface area contributed by atoms with Crippen LogP contribution >= 0.6 is 11.3 Å². The molecule has 1 aliphatic rings. The van der Waals surface area contributed by atoms with Gasteiger partial charge in [-0.25, -0.2) is 8.78 Å². The third kappa shape index (κ3) is 8.78. The van der Waals surface area contributed by atoms with Crippen molar-refractivity contribution < 1.29 is 13.6 Å². The first-order chi connectivity index (χ1) is 13.0. The van der Waals surface area contributed by atoms with Crippen molar-refractivity contribution in [1.82, 2.24) is 4.90 Å². The molecule has 2 rings (SSSR count). The number of hydrogen-bond donors (Lipinski definition) is 1. The van der Waals surface area contributed by atoms with Crippen LogP contribution in [0.25, 0.3) is 0 Å². The van der Waals surface area contributed by atoms with Gasteiger partial charge in [-0.1, -0.05) is 23.8 Å². The summed E-state index contributed by atoms with van der Waals surface area (Å²) >= 11 is 1.71. The van der Waals surface area contributed by atoms with Crippen molar-refractivity contribution in [2.45, 2.75) is 57.9 Å². The van der Waals surface area contributed by atoms with Crippen LogP contribution in [0.15, 0.2) is 40.2 Å². The Kier molecular flexibility index (Phi) is 9.52. The second-order valence-corrected chi connectivity index (χ2v) is 8.32. The average Bonchev–Trinajstić information content (AvgIpc) is 3.00. The molecule has 0 radical (unpaired) electrons. The number of nitrogens with zero attached hydrogens (tertiary/aromatic N) is 2. The number of halogens is 2. The van der Waals surface area contributed by atoms with Crippen LogP contribution < -0.4 is 5.73 Å². The fraction of sp³-hybridized carbons (Fsp3) is 0.524. The van der Waals surface area contributed by atoms with Crippen LogP contribution in [0.3, 0.4) is 0 Å². The molecule has 1 aromatic rings. The van der Waals surface area contributed by atoms with Crippen molar-refractivity contribution >= 4 is 23.6 Å². The average molecular weight is 412 g/mol. The highest BCUT2D eigenvalue weighted by atomic mass is 32.1. The van der Waals surface area contributed by atoms with Gasteiger partial charge in [0.1, 0.15) is 0 Å². The smallest absolute Gasteiger partial charge is 0.249 e. The molecule has 28 heavy (non-hydrogen) atoms. The van der Waals surface area contributed by atoms with Crippen molar-refractivity contribution in [2.24, 2.45) is 10.7 Å².